The van der Waals surface area contributed by atoms with Gasteiger partial charge in [0.05, 0.1) is 17.2 Å². The van der Waals surface area contributed by atoms with Crippen molar-refractivity contribution in [2.75, 3.05) is 13.6 Å². The molecule has 2 aromatic rings. The Kier molecular flexibility index (Phi) is 4.64. The Morgan fingerprint density at radius 1 is 1.17 bits per heavy atom. The molecule has 0 saturated carbocycles. The van der Waals surface area contributed by atoms with E-state index < -0.39 is 15.8 Å². The highest BCUT2D eigenvalue weighted by molar-refractivity contribution is 7.89. The average Bonchev–Trinajstić information content (AvgIpc) is 3.04. The molecule has 0 aliphatic carbocycles. The molecule has 126 valence electrons. The highest BCUT2D eigenvalue weighted by atomic mass is 32.2. The third kappa shape index (κ3) is 3.47. The number of hydrogen-bond acceptors (Lipinski definition) is 4. The number of halogens is 1. The predicted molar refractivity (Wildman–Crippen MR) is 88.7 cm³/mol. The minimum Gasteiger partial charge on any atom is -0.390 e. The molecule has 0 aromatic heterocycles. The SMILES string of the molecule is CN(CC1CC(c2ccccc2)=NO1)S(=O)(=O)c1ccc(F)cc1. The van der Waals surface area contributed by atoms with Crippen molar-refractivity contribution >= 4 is 15.7 Å². The van der Waals surface area contributed by atoms with Crippen LogP contribution < -0.4 is 0 Å². The Bertz CT molecular complexity index is 836. The van der Waals surface area contributed by atoms with Crippen molar-refractivity contribution in [3.8, 4) is 0 Å². The Balaban J connectivity index is 1.66. The van der Waals surface area contributed by atoms with Crippen LogP contribution in [-0.2, 0) is 14.9 Å². The monoisotopic (exact) mass is 348 g/mol. The first-order valence-corrected chi connectivity index (χ1v) is 8.91. The summed E-state index contributed by atoms with van der Waals surface area (Å²) in [4.78, 5) is 5.41. The van der Waals surface area contributed by atoms with Gasteiger partial charge in [-0.05, 0) is 29.8 Å². The van der Waals surface area contributed by atoms with Crippen LogP contribution in [0.5, 0.6) is 0 Å². The van der Waals surface area contributed by atoms with Crippen LogP contribution in [0.4, 0.5) is 4.39 Å². The van der Waals surface area contributed by atoms with Crippen molar-refractivity contribution in [3.05, 3.63) is 66.0 Å². The van der Waals surface area contributed by atoms with Crippen molar-refractivity contribution in [2.45, 2.75) is 17.4 Å². The summed E-state index contributed by atoms with van der Waals surface area (Å²) in [6, 6.07) is 14.4. The van der Waals surface area contributed by atoms with Crippen LogP contribution in [0.1, 0.15) is 12.0 Å². The van der Waals surface area contributed by atoms with E-state index >= 15 is 0 Å². The number of hydrogen-bond donors (Lipinski definition) is 0. The van der Waals surface area contributed by atoms with E-state index in [2.05, 4.69) is 5.16 Å². The van der Waals surface area contributed by atoms with Gasteiger partial charge in [0.2, 0.25) is 10.0 Å². The van der Waals surface area contributed by atoms with Crippen LogP contribution in [0.2, 0.25) is 0 Å². The number of oxime groups is 1. The first kappa shape index (κ1) is 16.6. The summed E-state index contributed by atoms with van der Waals surface area (Å²) in [5, 5.41) is 4.05. The lowest BCUT2D eigenvalue weighted by Gasteiger charge is -2.19. The first-order valence-electron chi connectivity index (χ1n) is 7.47. The molecule has 0 saturated heterocycles. The van der Waals surface area contributed by atoms with Crippen LogP contribution in [0.25, 0.3) is 0 Å². The number of nitrogens with zero attached hydrogens (tertiary/aromatic N) is 2. The van der Waals surface area contributed by atoms with Crippen molar-refractivity contribution < 1.29 is 17.6 Å². The molecule has 1 aliphatic rings. The minimum atomic E-state index is -3.69. The summed E-state index contributed by atoms with van der Waals surface area (Å²) in [6.45, 7) is 0.166. The van der Waals surface area contributed by atoms with Crippen molar-refractivity contribution in [1.29, 1.82) is 0 Å². The molecule has 0 fully saturated rings. The summed E-state index contributed by atoms with van der Waals surface area (Å²) >= 11 is 0. The van der Waals surface area contributed by atoms with Gasteiger partial charge in [0.25, 0.3) is 0 Å². The molecule has 0 N–H and O–H groups in total. The molecule has 2 aromatic carbocycles. The van der Waals surface area contributed by atoms with Crippen molar-refractivity contribution in [3.63, 3.8) is 0 Å². The summed E-state index contributed by atoms with van der Waals surface area (Å²) in [5.74, 6) is -0.475. The molecule has 0 amide bonds. The minimum absolute atomic E-state index is 0.0496. The molecule has 1 heterocycles. The maximum Gasteiger partial charge on any atom is 0.242 e. The largest absolute Gasteiger partial charge is 0.390 e. The highest BCUT2D eigenvalue weighted by Crippen LogP contribution is 2.20. The fourth-order valence-corrected chi connectivity index (χ4v) is 3.70. The molecule has 1 atom stereocenters. The van der Waals surface area contributed by atoms with Gasteiger partial charge in [0, 0.05) is 13.5 Å². The zero-order valence-electron chi connectivity index (χ0n) is 13.1. The van der Waals surface area contributed by atoms with E-state index in [1.807, 2.05) is 30.3 Å². The Hall–Kier alpha value is -2.25. The van der Waals surface area contributed by atoms with Gasteiger partial charge in [0.15, 0.2) is 0 Å². The summed E-state index contributed by atoms with van der Waals surface area (Å²) in [6.07, 6.45) is 0.188. The maximum atomic E-state index is 13.0. The van der Waals surface area contributed by atoms with Crippen LogP contribution in [0.3, 0.4) is 0 Å². The lowest BCUT2D eigenvalue weighted by atomic mass is 10.1. The van der Waals surface area contributed by atoms with E-state index in [1.165, 1.54) is 23.5 Å². The molecular weight excluding hydrogens is 331 g/mol. The third-order valence-electron chi connectivity index (χ3n) is 3.82. The smallest absolute Gasteiger partial charge is 0.242 e. The van der Waals surface area contributed by atoms with E-state index in [4.69, 9.17) is 4.84 Å². The van der Waals surface area contributed by atoms with Crippen LogP contribution in [0.15, 0.2) is 64.6 Å². The normalized spacial score (nSPS) is 17.6. The highest BCUT2D eigenvalue weighted by Gasteiger charge is 2.28. The van der Waals surface area contributed by atoms with E-state index in [0.717, 1.165) is 23.4 Å². The quantitative estimate of drug-likeness (QED) is 0.835. The van der Waals surface area contributed by atoms with E-state index in [0.29, 0.717) is 6.42 Å². The standard InChI is InChI=1S/C17H17FN2O3S/c1-20(24(21,22)16-9-7-14(18)8-10-16)12-15-11-17(19-23-15)13-5-3-2-4-6-13/h2-10,15H,11-12H2,1H3. The van der Waals surface area contributed by atoms with Crippen molar-refractivity contribution in [2.24, 2.45) is 5.16 Å². The fourth-order valence-electron chi connectivity index (χ4n) is 2.50. The lowest BCUT2D eigenvalue weighted by molar-refractivity contribution is 0.0740. The first-order chi connectivity index (χ1) is 11.5. The van der Waals surface area contributed by atoms with Gasteiger partial charge in [-0.2, -0.15) is 4.31 Å². The van der Waals surface area contributed by atoms with Crippen LogP contribution in [-0.4, -0.2) is 38.1 Å². The Labute approximate surface area is 140 Å². The number of likely N-dealkylation sites (N-methyl/N-ethyl adjacent to an activating group) is 1. The maximum absolute atomic E-state index is 13.0. The average molecular weight is 348 g/mol. The molecule has 24 heavy (non-hydrogen) atoms. The summed E-state index contributed by atoms with van der Waals surface area (Å²) < 4.78 is 39.2. The Morgan fingerprint density at radius 2 is 1.83 bits per heavy atom. The van der Waals surface area contributed by atoms with Gasteiger partial charge in [-0.15, -0.1) is 0 Å². The van der Waals surface area contributed by atoms with Gasteiger partial charge in [0.1, 0.15) is 11.9 Å². The summed E-state index contributed by atoms with van der Waals surface area (Å²) in [5.41, 5.74) is 1.76. The van der Waals surface area contributed by atoms with Crippen molar-refractivity contribution in [1.82, 2.24) is 4.31 Å². The molecule has 3 rings (SSSR count). The van der Waals surface area contributed by atoms with E-state index in [-0.39, 0.29) is 17.5 Å². The third-order valence-corrected chi connectivity index (χ3v) is 5.66. The molecular formula is C17H17FN2O3S. The molecule has 5 nitrogen and oxygen atoms in total. The molecule has 1 aliphatic heterocycles. The molecule has 7 heteroatoms. The predicted octanol–water partition coefficient (Wildman–Crippen LogP) is 2.64. The molecule has 0 spiro atoms. The second kappa shape index (κ2) is 6.70. The van der Waals surface area contributed by atoms with E-state index in [1.54, 1.807) is 0 Å². The van der Waals surface area contributed by atoms with Gasteiger partial charge in [-0.25, -0.2) is 12.8 Å². The lowest BCUT2D eigenvalue weighted by Crippen LogP contribution is -2.34. The Morgan fingerprint density at radius 3 is 2.50 bits per heavy atom. The van der Waals surface area contributed by atoms with Gasteiger partial charge in [-0.1, -0.05) is 35.5 Å². The van der Waals surface area contributed by atoms with Gasteiger partial charge >= 0.3 is 0 Å². The second-order valence-corrected chi connectivity index (χ2v) is 7.62. The number of sulfonamides is 1. The number of rotatable bonds is 5. The van der Waals surface area contributed by atoms with Gasteiger partial charge in [-0.3, -0.25) is 0 Å². The fraction of sp³-hybridized carbons (Fsp3) is 0.235. The molecule has 0 radical (unpaired) electrons. The molecule has 0 bridgehead atoms. The topological polar surface area (TPSA) is 59.0 Å². The zero-order valence-corrected chi connectivity index (χ0v) is 13.9. The van der Waals surface area contributed by atoms with Crippen LogP contribution in [0, 0.1) is 5.82 Å². The van der Waals surface area contributed by atoms with Gasteiger partial charge < -0.3 is 4.84 Å². The van der Waals surface area contributed by atoms with E-state index in [9.17, 15) is 12.8 Å². The zero-order chi connectivity index (χ0) is 17.2. The number of benzene rings is 2. The molecule has 1 unspecified atom stereocenters. The van der Waals surface area contributed by atoms with Crippen LogP contribution >= 0.6 is 0 Å². The summed E-state index contributed by atoms with van der Waals surface area (Å²) in [7, 11) is -2.21. The second-order valence-electron chi connectivity index (χ2n) is 5.58.